The highest BCUT2D eigenvalue weighted by atomic mass is 32.1. The summed E-state index contributed by atoms with van der Waals surface area (Å²) >= 11 is 1.32. The van der Waals surface area contributed by atoms with E-state index in [0.717, 1.165) is 54.0 Å². The molecular weight excluding hydrogens is 567 g/mol. The lowest BCUT2D eigenvalue weighted by atomic mass is 9.81. The summed E-state index contributed by atoms with van der Waals surface area (Å²) in [5, 5.41) is 14.0. The number of hydrogen-bond donors (Lipinski definition) is 1. The zero-order chi connectivity index (χ0) is 29.4. The monoisotopic (exact) mass is 597 g/mol. The Kier molecular flexibility index (Phi) is 7.89. The number of carboxylic acid groups (broad SMARTS) is 1. The van der Waals surface area contributed by atoms with Crippen molar-refractivity contribution in [3.05, 3.63) is 64.4 Å². The van der Waals surface area contributed by atoms with Crippen molar-refractivity contribution < 1.29 is 32.3 Å². The van der Waals surface area contributed by atoms with Crippen LogP contribution in [0, 0.1) is 12.8 Å². The van der Waals surface area contributed by atoms with Crippen LogP contribution in [0.15, 0.2) is 45.9 Å². The third kappa shape index (κ3) is 6.12. The van der Waals surface area contributed by atoms with Crippen LogP contribution in [0.1, 0.15) is 83.7 Å². The van der Waals surface area contributed by atoms with Gasteiger partial charge in [-0.3, -0.25) is 0 Å². The molecule has 0 aliphatic heterocycles. The topological polar surface area (TPSA) is 97.8 Å². The van der Waals surface area contributed by atoms with E-state index in [1.165, 1.54) is 29.9 Å². The van der Waals surface area contributed by atoms with Gasteiger partial charge in [0, 0.05) is 29.7 Å². The zero-order valence-corrected chi connectivity index (χ0v) is 23.8. The van der Waals surface area contributed by atoms with E-state index in [0.29, 0.717) is 28.8 Å². The molecule has 0 amide bonds. The first-order valence-electron chi connectivity index (χ1n) is 14.1. The van der Waals surface area contributed by atoms with E-state index in [-0.39, 0.29) is 35.4 Å². The van der Waals surface area contributed by atoms with Crippen LogP contribution in [-0.4, -0.2) is 33.5 Å². The second-order valence-electron chi connectivity index (χ2n) is 11.1. The van der Waals surface area contributed by atoms with Crippen LogP contribution in [0.2, 0.25) is 0 Å². The molecule has 2 aliphatic carbocycles. The number of carbonyl (C=O) groups is 1. The van der Waals surface area contributed by atoms with Gasteiger partial charge >= 0.3 is 12.1 Å². The van der Waals surface area contributed by atoms with Gasteiger partial charge < -0.3 is 14.4 Å². The molecule has 2 aromatic carbocycles. The number of halogens is 3. The Morgan fingerprint density at radius 1 is 1.24 bits per heavy atom. The molecule has 1 N–H and O–H groups in total. The first-order chi connectivity index (χ1) is 20.2. The highest BCUT2D eigenvalue weighted by molar-refractivity contribution is 7.22. The van der Waals surface area contributed by atoms with Crippen LogP contribution >= 0.6 is 11.3 Å². The van der Waals surface area contributed by atoms with E-state index in [4.69, 9.17) is 9.26 Å². The molecule has 2 aromatic heterocycles. The largest absolute Gasteiger partial charge is 0.478 e. The standard InChI is InChI=1S/C31H30F3N3O4S/c1-17-13-20(29(38)39)15-25-26(17)36-30(42-25)35-12-11-21(14-18-5-4-6-18)40-16-23-27(37-41-28(23)19-9-10-19)22-7-2-3-8-24(22)31(32,33)34/h2-3,7-8,12-13,15,18-19,21H,4-6,9-11,14,16H2,1H3,(H,38,39)/b35-12+/t21-/m1/s1. The molecule has 6 rings (SSSR count). The number of benzene rings is 2. The molecule has 220 valence electrons. The van der Waals surface area contributed by atoms with Crippen molar-refractivity contribution >= 4 is 38.9 Å². The van der Waals surface area contributed by atoms with Gasteiger partial charge in [0.05, 0.1) is 34.1 Å². The number of nitrogens with zero attached hydrogens (tertiary/aromatic N) is 3. The minimum atomic E-state index is -4.52. The third-order valence-electron chi connectivity index (χ3n) is 8.03. The zero-order valence-electron chi connectivity index (χ0n) is 23.0. The Hall–Kier alpha value is -3.57. The second kappa shape index (κ2) is 11.6. The van der Waals surface area contributed by atoms with Crippen LogP contribution < -0.4 is 0 Å². The van der Waals surface area contributed by atoms with Crippen LogP contribution in [-0.2, 0) is 17.5 Å². The predicted molar refractivity (Wildman–Crippen MR) is 154 cm³/mol. The van der Waals surface area contributed by atoms with E-state index in [2.05, 4.69) is 15.1 Å². The number of carboxylic acids is 1. The van der Waals surface area contributed by atoms with Crippen LogP contribution in [0.3, 0.4) is 0 Å². The molecule has 0 bridgehead atoms. The molecule has 7 nitrogen and oxygen atoms in total. The summed E-state index contributed by atoms with van der Waals surface area (Å²) in [6.07, 6.45) is 3.65. The quantitative estimate of drug-likeness (QED) is 0.174. The number of aromatic carboxylic acids is 1. The highest BCUT2D eigenvalue weighted by Crippen LogP contribution is 2.46. The Bertz CT molecular complexity index is 1640. The maximum atomic E-state index is 13.8. The molecule has 42 heavy (non-hydrogen) atoms. The maximum absolute atomic E-state index is 13.8. The van der Waals surface area contributed by atoms with Gasteiger partial charge in [-0.1, -0.05) is 54.0 Å². The van der Waals surface area contributed by atoms with E-state index < -0.39 is 17.7 Å². The van der Waals surface area contributed by atoms with Crippen molar-refractivity contribution in [2.45, 2.75) is 76.7 Å². The molecule has 0 unspecified atom stereocenters. The van der Waals surface area contributed by atoms with Gasteiger partial charge in [0.25, 0.3) is 0 Å². The molecule has 11 heteroatoms. The van der Waals surface area contributed by atoms with Crippen molar-refractivity contribution in [2.24, 2.45) is 10.9 Å². The van der Waals surface area contributed by atoms with Gasteiger partial charge in [0.2, 0.25) is 5.13 Å². The lowest BCUT2D eigenvalue weighted by molar-refractivity contribution is -0.137. The number of fused-ring (bicyclic) bond motifs is 1. The number of ether oxygens (including phenoxy) is 1. The van der Waals surface area contributed by atoms with E-state index in [9.17, 15) is 23.1 Å². The summed E-state index contributed by atoms with van der Waals surface area (Å²) in [6.45, 7) is 1.92. The maximum Gasteiger partial charge on any atom is 0.417 e. The molecule has 2 aliphatic rings. The Morgan fingerprint density at radius 2 is 2.02 bits per heavy atom. The van der Waals surface area contributed by atoms with E-state index in [1.807, 2.05) is 6.92 Å². The molecule has 2 fully saturated rings. The average Bonchev–Trinajstić information content (AvgIpc) is 3.54. The molecule has 0 spiro atoms. The third-order valence-corrected chi connectivity index (χ3v) is 8.94. The van der Waals surface area contributed by atoms with Crippen molar-refractivity contribution in [2.75, 3.05) is 0 Å². The summed E-state index contributed by atoms with van der Waals surface area (Å²) in [4.78, 5) is 20.5. The first-order valence-corrected chi connectivity index (χ1v) is 14.9. The van der Waals surface area contributed by atoms with Gasteiger partial charge in [-0.05, 0) is 55.9 Å². The van der Waals surface area contributed by atoms with Gasteiger partial charge in [-0.25, -0.2) is 14.8 Å². The van der Waals surface area contributed by atoms with Crippen LogP contribution in [0.4, 0.5) is 18.3 Å². The van der Waals surface area contributed by atoms with E-state index in [1.54, 1.807) is 24.4 Å². The van der Waals surface area contributed by atoms with Gasteiger partial charge in [-0.2, -0.15) is 13.2 Å². The van der Waals surface area contributed by atoms with E-state index >= 15 is 0 Å². The second-order valence-corrected chi connectivity index (χ2v) is 12.2. The Balaban J connectivity index is 1.22. The summed E-state index contributed by atoms with van der Waals surface area (Å²) in [5.41, 5.74) is 1.73. The predicted octanol–water partition coefficient (Wildman–Crippen LogP) is 8.72. The van der Waals surface area contributed by atoms with Crippen LogP contribution in [0.5, 0.6) is 0 Å². The average molecular weight is 598 g/mol. The number of aryl methyl sites for hydroxylation is 1. The lowest BCUT2D eigenvalue weighted by Gasteiger charge is -2.29. The van der Waals surface area contributed by atoms with Crippen molar-refractivity contribution in [3.63, 3.8) is 0 Å². The Labute approximate surface area is 244 Å². The fraction of sp³-hybridized carbons (Fsp3) is 0.419. The molecule has 4 aromatic rings. The number of aromatic nitrogens is 2. The highest BCUT2D eigenvalue weighted by Gasteiger charge is 2.37. The summed E-state index contributed by atoms with van der Waals surface area (Å²) in [5.74, 6) is 0.318. The fourth-order valence-corrected chi connectivity index (χ4v) is 6.37. The van der Waals surface area contributed by atoms with Crippen molar-refractivity contribution in [3.8, 4) is 11.3 Å². The van der Waals surface area contributed by atoms with Gasteiger partial charge in [-0.15, -0.1) is 0 Å². The summed E-state index contributed by atoms with van der Waals surface area (Å²) in [6, 6.07) is 8.64. The minimum absolute atomic E-state index is 0.00598. The number of aliphatic imine (C=N–C) groups is 1. The van der Waals surface area contributed by atoms with Gasteiger partial charge in [0.1, 0.15) is 11.5 Å². The first kappa shape index (κ1) is 28.5. The number of alkyl halides is 3. The number of rotatable bonds is 11. The molecule has 0 radical (unpaired) electrons. The number of thiazole rings is 1. The summed E-state index contributed by atoms with van der Waals surface area (Å²) < 4.78 is 54.3. The Morgan fingerprint density at radius 3 is 2.71 bits per heavy atom. The smallest absolute Gasteiger partial charge is 0.417 e. The van der Waals surface area contributed by atoms with Gasteiger partial charge in [0.15, 0.2) is 0 Å². The molecule has 0 saturated heterocycles. The molecule has 2 heterocycles. The van der Waals surface area contributed by atoms with Crippen LogP contribution in [0.25, 0.3) is 21.5 Å². The normalized spacial score (nSPS) is 16.8. The minimum Gasteiger partial charge on any atom is -0.478 e. The molecular formula is C31H30F3N3O4S. The van der Waals surface area contributed by atoms with Crippen molar-refractivity contribution in [1.82, 2.24) is 10.1 Å². The van der Waals surface area contributed by atoms with Crippen molar-refractivity contribution in [1.29, 1.82) is 0 Å². The number of hydrogen-bond acceptors (Lipinski definition) is 7. The summed E-state index contributed by atoms with van der Waals surface area (Å²) in [7, 11) is 0. The SMILES string of the molecule is Cc1cc(C(=O)O)cc2sc(/N=C/C[C@H](CC3CCC3)OCc3c(-c4ccccc4C(F)(F)F)noc3C3CC3)nc12. The molecule has 1 atom stereocenters. The fourth-order valence-electron chi connectivity index (χ4n) is 5.42. The lowest BCUT2D eigenvalue weighted by Crippen LogP contribution is -2.22. The molecule has 2 saturated carbocycles.